The third kappa shape index (κ3) is 4.07. The molecule has 1 saturated heterocycles. The van der Waals surface area contributed by atoms with Crippen LogP contribution in [-0.2, 0) is 4.79 Å². The third-order valence-corrected chi connectivity index (χ3v) is 6.25. The zero-order valence-electron chi connectivity index (χ0n) is 16.5. The molecule has 29 heavy (non-hydrogen) atoms. The minimum absolute atomic E-state index is 0.0725. The molecule has 0 aliphatic carbocycles. The average molecular weight is 424 g/mol. The number of thioether (sulfide) groups is 1. The van der Waals surface area contributed by atoms with Crippen LogP contribution in [0.1, 0.15) is 22.5 Å². The van der Waals surface area contributed by atoms with Gasteiger partial charge < -0.3 is 15.2 Å². The third-order valence-electron chi connectivity index (χ3n) is 4.99. The summed E-state index contributed by atoms with van der Waals surface area (Å²) in [6.07, 6.45) is 1.97. The lowest BCUT2D eigenvalue weighted by Crippen LogP contribution is -2.31. The summed E-state index contributed by atoms with van der Waals surface area (Å²) in [7, 11) is 0. The van der Waals surface area contributed by atoms with Gasteiger partial charge in [0.05, 0.1) is 4.91 Å². The van der Waals surface area contributed by atoms with E-state index < -0.39 is 0 Å². The normalized spacial score (nSPS) is 17.6. The van der Waals surface area contributed by atoms with Gasteiger partial charge in [0.2, 0.25) is 0 Å². The number of nitrogens with zero attached hydrogens (tertiary/aromatic N) is 1. The van der Waals surface area contributed by atoms with E-state index >= 15 is 0 Å². The first-order valence-corrected chi connectivity index (χ1v) is 10.6. The lowest BCUT2D eigenvalue weighted by molar-refractivity contribution is -0.116. The predicted octanol–water partition coefficient (Wildman–Crippen LogP) is 5.66. The van der Waals surface area contributed by atoms with Crippen molar-refractivity contribution in [2.75, 3.05) is 5.32 Å². The van der Waals surface area contributed by atoms with E-state index in [2.05, 4.69) is 47.2 Å². The zero-order valence-corrected chi connectivity index (χ0v) is 18.1. The van der Waals surface area contributed by atoms with E-state index in [1.807, 2.05) is 49.4 Å². The van der Waals surface area contributed by atoms with Crippen LogP contribution in [0.25, 0.3) is 11.8 Å². The van der Waals surface area contributed by atoms with Crippen LogP contribution in [0.4, 0.5) is 5.69 Å². The van der Waals surface area contributed by atoms with Gasteiger partial charge in [-0.25, -0.2) is 0 Å². The summed E-state index contributed by atoms with van der Waals surface area (Å²) in [5, 5.41) is 7.00. The molecule has 6 heteroatoms. The largest absolute Gasteiger partial charge is 0.356 e. The van der Waals surface area contributed by atoms with Crippen molar-refractivity contribution in [1.29, 1.82) is 0 Å². The van der Waals surface area contributed by atoms with Crippen molar-refractivity contribution in [2.45, 2.75) is 26.3 Å². The van der Waals surface area contributed by atoms with Gasteiger partial charge in [-0.3, -0.25) is 4.79 Å². The summed E-state index contributed by atoms with van der Waals surface area (Å²) >= 11 is 7.58. The number of carbonyl (C=O) groups excluding carboxylic acids is 1. The maximum atomic E-state index is 12.5. The van der Waals surface area contributed by atoms with E-state index in [0.717, 1.165) is 33.9 Å². The second kappa shape index (κ2) is 8.01. The van der Waals surface area contributed by atoms with Gasteiger partial charge in [0.25, 0.3) is 5.91 Å². The molecule has 1 aromatic heterocycles. The Morgan fingerprint density at radius 1 is 1.10 bits per heavy atom. The number of hydrogen-bond acceptors (Lipinski definition) is 3. The predicted molar refractivity (Wildman–Crippen MR) is 123 cm³/mol. The van der Waals surface area contributed by atoms with Crippen molar-refractivity contribution in [2.24, 2.45) is 0 Å². The van der Waals surface area contributed by atoms with Gasteiger partial charge in [-0.05, 0) is 68.3 Å². The molecular formula is C23H22ClN3OS. The molecule has 1 amide bonds. The van der Waals surface area contributed by atoms with Crippen LogP contribution < -0.4 is 10.6 Å². The highest BCUT2D eigenvalue weighted by molar-refractivity contribution is 8.05. The topological polar surface area (TPSA) is 46.1 Å². The minimum Gasteiger partial charge on any atom is -0.356 e. The fourth-order valence-electron chi connectivity index (χ4n) is 3.51. The van der Waals surface area contributed by atoms with E-state index in [4.69, 9.17) is 11.6 Å². The summed E-state index contributed by atoms with van der Waals surface area (Å²) in [6.45, 7) is 6.17. The van der Waals surface area contributed by atoms with Crippen LogP contribution >= 0.6 is 23.4 Å². The first-order valence-electron chi connectivity index (χ1n) is 9.38. The van der Waals surface area contributed by atoms with Crippen LogP contribution in [0, 0.1) is 20.8 Å². The summed E-state index contributed by atoms with van der Waals surface area (Å²) in [4.78, 5) is 13.2. The Kier molecular flexibility index (Phi) is 5.43. The van der Waals surface area contributed by atoms with E-state index in [9.17, 15) is 4.79 Å². The number of para-hydroxylation sites is 1. The molecule has 2 N–H and O–H groups in total. The van der Waals surface area contributed by atoms with E-state index in [0.29, 0.717) is 9.93 Å². The molecular weight excluding hydrogens is 402 g/mol. The number of amides is 1. The maximum Gasteiger partial charge on any atom is 0.260 e. The molecule has 0 radical (unpaired) electrons. The molecule has 2 aromatic carbocycles. The molecule has 4 rings (SSSR count). The molecule has 2 heterocycles. The van der Waals surface area contributed by atoms with E-state index in [1.165, 1.54) is 11.8 Å². The Balaban J connectivity index is 1.58. The molecule has 0 spiro atoms. The van der Waals surface area contributed by atoms with Crippen LogP contribution in [0.3, 0.4) is 0 Å². The number of nitrogens with one attached hydrogen (secondary N) is 2. The average Bonchev–Trinajstić information content (AvgIpc) is 3.17. The van der Waals surface area contributed by atoms with Gasteiger partial charge >= 0.3 is 0 Å². The number of hydrogen-bond donors (Lipinski definition) is 2. The Morgan fingerprint density at radius 2 is 1.86 bits per heavy atom. The van der Waals surface area contributed by atoms with Crippen LogP contribution in [0.5, 0.6) is 0 Å². The minimum atomic E-state index is -0.233. The van der Waals surface area contributed by atoms with Crippen molar-refractivity contribution in [1.82, 2.24) is 9.88 Å². The molecule has 4 nitrogen and oxygen atoms in total. The van der Waals surface area contributed by atoms with Crippen LogP contribution in [0.2, 0.25) is 5.02 Å². The highest BCUT2D eigenvalue weighted by atomic mass is 35.5. The Hall–Kier alpha value is -2.63. The SMILES string of the molecule is Cc1ccc(Cl)cc1NC1NC(=O)/C(=C/c2cc(C)n(-c3ccccc3)c2C)S1. The maximum absolute atomic E-state index is 12.5. The van der Waals surface area contributed by atoms with Gasteiger partial charge in [0.15, 0.2) is 5.50 Å². The highest BCUT2D eigenvalue weighted by Crippen LogP contribution is 2.33. The number of carbonyl (C=O) groups is 1. The smallest absolute Gasteiger partial charge is 0.260 e. The fraction of sp³-hybridized carbons (Fsp3) is 0.174. The molecule has 3 aromatic rings. The molecule has 1 fully saturated rings. The fourth-order valence-corrected chi connectivity index (χ4v) is 4.64. The Labute approximate surface area is 180 Å². The second-order valence-corrected chi connectivity index (χ2v) is 8.66. The van der Waals surface area contributed by atoms with E-state index in [-0.39, 0.29) is 11.4 Å². The monoisotopic (exact) mass is 423 g/mol. The van der Waals surface area contributed by atoms with Crippen molar-refractivity contribution < 1.29 is 4.79 Å². The summed E-state index contributed by atoms with van der Waals surface area (Å²) in [5.41, 5.74) is 6.16. The van der Waals surface area contributed by atoms with Crippen molar-refractivity contribution >= 4 is 41.0 Å². The number of aryl methyl sites for hydroxylation is 2. The summed E-state index contributed by atoms with van der Waals surface area (Å²) in [5.74, 6) is -0.0725. The number of halogens is 1. The molecule has 1 aliphatic heterocycles. The molecule has 0 bridgehead atoms. The van der Waals surface area contributed by atoms with Crippen molar-refractivity contribution in [3.8, 4) is 5.69 Å². The van der Waals surface area contributed by atoms with Crippen LogP contribution in [-0.4, -0.2) is 16.0 Å². The number of anilines is 1. The second-order valence-electron chi connectivity index (χ2n) is 7.08. The molecule has 1 atom stereocenters. The van der Waals surface area contributed by atoms with Gasteiger partial charge in [-0.1, -0.05) is 47.6 Å². The quantitative estimate of drug-likeness (QED) is 0.532. The number of rotatable bonds is 4. The molecule has 148 valence electrons. The Morgan fingerprint density at radius 3 is 2.62 bits per heavy atom. The standard InChI is InChI=1S/C23H22ClN3OS/c1-14-9-10-18(24)13-20(14)25-23-26-22(28)21(29-23)12-17-11-15(2)27(16(17)3)19-7-5-4-6-8-19/h4-13,23,25H,1-3H3,(H,26,28)/b21-12-. The van der Waals surface area contributed by atoms with Gasteiger partial charge in [0, 0.05) is 27.8 Å². The van der Waals surface area contributed by atoms with Gasteiger partial charge in [-0.15, -0.1) is 0 Å². The number of aromatic nitrogens is 1. The lowest BCUT2D eigenvalue weighted by Gasteiger charge is -2.15. The van der Waals surface area contributed by atoms with Gasteiger partial charge in [0.1, 0.15) is 0 Å². The zero-order chi connectivity index (χ0) is 20.5. The van der Waals surface area contributed by atoms with Crippen molar-refractivity contribution in [3.63, 3.8) is 0 Å². The van der Waals surface area contributed by atoms with Crippen molar-refractivity contribution in [3.05, 3.63) is 87.0 Å². The van der Waals surface area contributed by atoms with Crippen LogP contribution in [0.15, 0.2) is 59.5 Å². The molecule has 1 aliphatic rings. The lowest BCUT2D eigenvalue weighted by atomic mass is 10.2. The first kappa shape index (κ1) is 19.7. The first-order chi connectivity index (χ1) is 13.9. The molecule has 1 unspecified atom stereocenters. The van der Waals surface area contributed by atoms with Gasteiger partial charge in [-0.2, -0.15) is 0 Å². The highest BCUT2D eigenvalue weighted by Gasteiger charge is 2.28. The Bertz CT molecular complexity index is 1100. The van der Waals surface area contributed by atoms with E-state index in [1.54, 1.807) is 0 Å². The molecule has 0 saturated carbocycles. The summed E-state index contributed by atoms with van der Waals surface area (Å²) < 4.78 is 2.20. The number of benzene rings is 2. The summed E-state index contributed by atoms with van der Waals surface area (Å²) in [6, 6.07) is 18.0.